The first-order valence-electron chi connectivity index (χ1n) is 9.02. The Hall–Kier alpha value is -2.70. The highest BCUT2D eigenvalue weighted by molar-refractivity contribution is 5.92. The third-order valence-electron chi connectivity index (χ3n) is 4.84. The molecule has 0 bridgehead atoms. The van der Waals surface area contributed by atoms with Crippen LogP contribution in [-0.2, 0) is 6.61 Å². The first-order chi connectivity index (χ1) is 12.7. The van der Waals surface area contributed by atoms with Gasteiger partial charge in [-0.15, -0.1) is 0 Å². The largest absolute Gasteiger partial charge is 0.484 e. The van der Waals surface area contributed by atoms with Crippen molar-refractivity contribution >= 4 is 5.91 Å². The van der Waals surface area contributed by atoms with Gasteiger partial charge in [0.15, 0.2) is 23.8 Å². The number of benzene rings is 1. The van der Waals surface area contributed by atoms with Gasteiger partial charge in [-0.25, -0.2) is 4.98 Å². The van der Waals surface area contributed by atoms with Crippen LogP contribution < -0.4 is 14.2 Å². The summed E-state index contributed by atoms with van der Waals surface area (Å²) in [5.41, 5.74) is 0.342. The van der Waals surface area contributed by atoms with Crippen LogP contribution in [0.5, 0.6) is 17.2 Å². The van der Waals surface area contributed by atoms with E-state index in [9.17, 15) is 4.79 Å². The van der Waals surface area contributed by atoms with Crippen LogP contribution >= 0.6 is 0 Å². The Morgan fingerprint density at radius 2 is 2.19 bits per heavy atom. The number of hydrogen-bond acceptors (Lipinski definition) is 6. The topological polar surface area (TPSA) is 74.0 Å². The summed E-state index contributed by atoms with van der Waals surface area (Å²) in [4.78, 5) is 18.9. The monoisotopic (exact) mass is 358 g/mol. The minimum Gasteiger partial charge on any atom is -0.484 e. The zero-order valence-corrected chi connectivity index (χ0v) is 14.8. The summed E-state index contributed by atoms with van der Waals surface area (Å²) in [6.07, 6.45) is 5.65. The molecule has 3 heterocycles. The predicted molar refractivity (Wildman–Crippen MR) is 92.4 cm³/mol. The number of aromatic nitrogens is 1. The lowest BCUT2D eigenvalue weighted by molar-refractivity contribution is 0.0602. The molecule has 0 radical (unpaired) electrons. The summed E-state index contributed by atoms with van der Waals surface area (Å²) in [5, 5.41) is 0. The molecule has 7 heteroatoms. The molecule has 0 aliphatic carbocycles. The van der Waals surface area contributed by atoms with E-state index in [1.807, 2.05) is 4.90 Å². The SMILES string of the molecule is CC[C@@H]1CCCCN1C(=O)c1coc(COc2ccc3c(c2)OCO3)n1. The molecule has 0 spiro atoms. The van der Waals surface area contributed by atoms with Gasteiger partial charge in [-0.1, -0.05) is 6.92 Å². The Balaban J connectivity index is 1.39. The van der Waals surface area contributed by atoms with Crippen LogP contribution in [0.1, 0.15) is 49.0 Å². The van der Waals surface area contributed by atoms with Crippen molar-refractivity contribution in [1.29, 1.82) is 0 Å². The quantitative estimate of drug-likeness (QED) is 0.816. The maximum atomic E-state index is 12.7. The minimum atomic E-state index is -0.0605. The Morgan fingerprint density at radius 1 is 1.31 bits per heavy atom. The smallest absolute Gasteiger partial charge is 0.276 e. The van der Waals surface area contributed by atoms with Crippen molar-refractivity contribution in [2.45, 2.75) is 45.3 Å². The molecule has 138 valence electrons. The molecule has 1 fully saturated rings. The highest BCUT2D eigenvalue weighted by Gasteiger charge is 2.28. The molecule has 2 aromatic rings. The van der Waals surface area contributed by atoms with Gasteiger partial charge in [0.2, 0.25) is 12.7 Å². The van der Waals surface area contributed by atoms with E-state index in [2.05, 4.69) is 11.9 Å². The minimum absolute atomic E-state index is 0.0605. The number of fused-ring (bicyclic) bond motifs is 1. The molecule has 1 aromatic carbocycles. The molecule has 0 saturated carbocycles. The summed E-state index contributed by atoms with van der Waals surface area (Å²) < 4.78 is 21.7. The van der Waals surface area contributed by atoms with E-state index in [1.165, 1.54) is 12.7 Å². The van der Waals surface area contributed by atoms with Crippen LogP contribution in [-0.4, -0.2) is 35.2 Å². The Kier molecular flexibility index (Phi) is 4.69. The molecule has 1 saturated heterocycles. The maximum Gasteiger partial charge on any atom is 0.276 e. The van der Waals surface area contributed by atoms with E-state index < -0.39 is 0 Å². The molecule has 1 atom stereocenters. The fraction of sp³-hybridized carbons (Fsp3) is 0.474. The van der Waals surface area contributed by atoms with Crippen molar-refractivity contribution in [3.05, 3.63) is 36.0 Å². The van der Waals surface area contributed by atoms with Crippen molar-refractivity contribution in [1.82, 2.24) is 9.88 Å². The number of likely N-dealkylation sites (tertiary alicyclic amines) is 1. The third kappa shape index (κ3) is 3.34. The average Bonchev–Trinajstić information content (AvgIpc) is 3.34. The van der Waals surface area contributed by atoms with Gasteiger partial charge < -0.3 is 23.5 Å². The average molecular weight is 358 g/mol. The normalized spacial score (nSPS) is 18.8. The zero-order chi connectivity index (χ0) is 17.9. The lowest BCUT2D eigenvalue weighted by Gasteiger charge is -2.34. The Morgan fingerprint density at radius 3 is 3.08 bits per heavy atom. The highest BCUT2D eigenvalue weighted by atomic mass is 16.7. The lowest BCUT2D eigenvalue weighted by atomic mass is 10.00. The zero-order valence-electron chi connectivity index (χ0n) is 14.8. The van der Waals surface area contributed by atoms with E-state index in [4.69, 9.17) is 18.6 Å². The Labute approximate surface area is 151 Å². The summed E-state index contributed by atoms with van der Waals surface area (Å²) in [7, 11) is 0. The first-order valence-corrected chi connectivity index (χ1v) is 9.02. The molecule has 0 N–H and O–H groups in total. The van der Waals surface area contributed by atoms with Crippen molar-refractivity contribution < 1.29 is 23.4 Å². The second-order valence-corrected chi connectivity index (χ2v) is 6.49. The van der Waals surface area contributed by atoms with E-state index >= 15 is 0 Å². The van der Waals surface area contributed by atoms with Crippen molar-refractivity contribution in [2.75, 3.05) is 13.3 Å². The number of ether oxygens (including phenoxy) is 3. The van der Waals surface area contributed by atoms with Crippen LogP contribution in [0.2, 0.25) is 0 Å². The number of amides is 1. The van der Waals surface area contributed by atoms with Crippen LogP contribution in [0, 0.1) is 0 Å². The molecule has 26 heavy (non-hydrogen) atoms. The van der Waals surface area contributed by atoms with Crippen molar-refractivity contribution in [2.24, 2.45) is 0 Å². The van der Waals surface area contributed by atoms with Crippen LogP contribution in [0.4, 0.5) is 0 Å². The Bertz CT molecular complexity index is 788. The summed E-state index contributed by atoms with van der Waals surface area (Å²) in [6.45, 7) is 3.26. The molecule has 1 aromatic heterocycles. The number of piperidine rings is 1. The van der Waals surface area contributed by atoms with Gasteiger partial charge in [-0.3, -0.25) is 4.79 Å². The number of nitrogens with zero attached hydrogens (tertiary/aromatic N) is 2. The second-order valence-electron chi connectivity index (χ2n) is 6.49. The van der Waals surface area contributed by atoms with Gasteiger partial charge in [0.1, 0.15) is 12.0 Å². The van der Waals surface area contributed by atoms with Gasteiger partial charge in [-0.05, 0) is 37.8 Å². The molecule has 2 aliphatic rings. The lowest BCUT2D eigenvalue weighted by Crippen LogP contribution is -2.43. The molecule has 4 rings (SSSR count). The van der Waals surface area contributed by atoms with Crippen LogP contribution in [0.25, 0.3) is 0 Å². The van der Waals surface area contributed by atoms with Gasteiger partial charge in [-0.2, -0.15) is 0 Å². The van der Waals surface area contributed by atoms with Crippen molar-refractivity contribution in [3.63, 3.8) is 0 Å². The standard InChI is InChI=1S/C19H22N2O5/c1-2-13-5-3-4-8-21(13)19(22)15-10-24-18(20-15)11-23-14-6-7-16-17(9-14)26-12-25-16/h6-7,9-10,13H,2-5,8,11-12H2,1H3/t13-/m1/s1. The fourth-order valence-corrected chi connectivity index (χ4v) is 3.43. The number of oxazole rings is 1. The van der Waals surface area contributed by atoms with E-state index in [1.54, 1.807) is 18.2 Å². The maximum absolute atomic E-state index is 12.7. The fourth-order valence-electron chi connectivity index (χ4n) is 3.43. The van der Waals surface area contributed by atoms with Gasteiger partial charge >= 0.3 is 0 Å². The third-order valence-corrected chi connectivity index (χ3v) is 4.84. The van der Waals surface area contributed by atoms with E-state index in [0.29, 0.717) is 34.9 Å². The second kappa shape index (κ2) is 7.27. The molecular formula is C19H22N2O5. The predicted octanol–water partition coefficient (Wildman–Crippen LogP) is 3.39. The van der Waals surface area contributed by atoms with E-state index in [-0.39, 0.29) is 19.3 Å². The van der Waals surface area contributed by atoms with Gasteiger partial charge in [0, 0.05) is 18.7 Å². The highest BCUT2D eigenvalue weighted by Crippen LogP contribution is 2.35. The van der Waals surface area contributed by atoms with Gasteiger partial charge in [0.05, 0.1) is 0 Å². The number of carbonyl (C=O) groups is 1. The number of rotatable bonds is 5. The summed E-state index contributed by atoms with van der Waals surface area (Å²) >= 11 is 0. The number of hydrogen-bond donors (Lipinski definition) is 0. The van der Waals surface area contributed by atoms with E-state index in [0.717, 1.165) is 25.8 Å². The van der Waals surface area contributed by atoms with Crippen molar-refractivity contribution in [3.8, 4) is 17.2 Å². The molecular weight excluding hydrogens is 336 g/mol. The summed E-state index contributed by atoms with van der Waals surface area (Å²) in [5.74, 6) is 2.29. The number of carbonyl (C=O) groups excluding carboxylic acids is 1. The van der Waals surface area contributed by atoms with Gasteiger partial charge in [0.25, 0.3) is 5.91 Å². The van der Waals surface area contributed by atoms with Crippen LogP contribution in [0.3, 0.4) is 0 Å². The molecule has 7 nitrogen and oxygen atoms in total. The molecule has 1 amide bonds. The molecule has 0 unspecified atom stereocenters. The van der Waals surface area contributed by atoms with Crippen LogP contribution in [0.15, 0.2) is 28.9 Å². The molecule has 2 aliphatic heterocycles. The summed E-state index contributed by atoms with van der Waals surface area (Å²) in [6, 6.07) is 5.64. The first kappa shape index (κ1) is 16.8.